The molecule has 1 aliphatic heterocycles. The number of aryl methyl sites for hydroxylation is 2. The summed E-state index contributed by atoms with van der Waals surface area (Å²) in [6, 6.07) is 9.17. The van der Waals surface area contributed by atoms with Crippen molar-refractivity contribution in [1.82, 2.24) is 19.3 Å². The highest BCUT2D eigenvalue weighted by Gasteiger charge is 2.38. The molecule has 0 unspecified atom stereocenters. The fourth-order valence-corrected chi connectivity index (χ4v) is 3.62. The molecule has 4 rings (SSSR count). The number of nitrogens with two attached hydrogens (primary N) is 1. The van der Waals surface area contributed by atoms with E-state index < -0.39 is 30.5 Å². The lowest BCUT2D eigenvalue weighted by atomic mass is 9.98. The number of alkyl halides is 3. The Balaban J connectivity index is 0.000000505. The molecular weight excluding hydrogens is 519 g/mol. The normalized spacial score (nSPS) is 12.9. The molecule has 0 aliphatic carbocycles. The predicted octanol–water partition coefficient (Wildman–Crippen LogP) is 3.09. The number of hydrogen-bond donors (Lipinski definition) is 2. The van der Waals surface area contributed by atoms with E-state index in [4.69, 9.17) is 15.6 Å². The van der Waals surface area contributed by atoms with E-state index in [0.717, 1.165) is 21.5 Å². The smallest absolute Gasteiger partial charge is 0.475 e. The summed E-state index contributed by atoms with van der Waals surface area (Å²) in [4.78, 5) is 40.1. The van der Waals surface area contributed by atoms with E-state index in [1.54, 1.807) is 17.0 Å². The van der Waals surface area contributed by atoms with Crippen LogP contribution >= 0.6 is 0 Å². The van der Waals surface area contributed by atoms with Crippen molar-refractivity contribution in [2.24, 2.45) is 5.73 Å². The van der Waals surface area contributed by atoms with Crippen LogP contribution in [0.2, 0.25) is 0 Å². The van der Waals surface area contributed by atoms with Crippen LogP contribution in [0.25, 0.3) is 5.69 Å². The summed E-state index contributed by atoms with van der Waals surface area (Å²) in [6.45, 7) is 1.17. The number of carboxylic acid groups (broad SMARTS) is 1. The Morgan fingerprint density at radius 3 is 2.37 bits per heavy atom. The van der Waals surface area contributed by atoms with Gasteiger partial charge < -0.3 is 10.8 Å². The van der Waals surface area contributed by atoms with Gasteiger partial charge in [0.25, 0.3) is 6.08 Å². The van der Waals surface area contributed by atoms with Gasteiger partial charge in [0, 0.05) is 18.5 Å². The van der Waals surface area contributed by atoms with Crippen LogP contribution in [-0.4, -0.2) is 49.0 Å². The highest BCUT2D eigenvalue weighted by molar-refractivity contribution is 6.03. The minimum absolute atomic E-state index is 0.0543. The standard InChI is InChI=1S/C21H20F2N6O2.C2HF3O2/c1-13-3-2-4-14-5-8-18(30)29(19(13)14)17-7-6-16(10-25-17)27-12-26-28(21(27)31)11-15(9-24)20(22)23;3-2(4,5)1(6)7/h2-4,6-7,10,12H,5,8-9,11,24H2,1H3;(H,6,7). The minimum Gasteiger partial charge on any atom is -0.475 e. The Hall–Kier alpha value is -4.40. The highest BCUT2D eigenvalue weighted by Crippen LogP contribution is 2.35. The van der Waals surface area contributed by atoms with Crippen molar-refractivity contribution >= 4 is 23.4 Å². The molecule has 0 saturated heterocycles. The molecule has 0 fully saturated rings. The number of benzene rings is 1. The Morgan fingerprint density at radius 1 is 1.13 bits per heavy atom. The zero-order valence-corrected chi connectivity index (χ0v) is 19.7. The molecule has 3 aromatic rings. The summed E-state index contributed by atoms with van der Waals surface area (Å²) < 4.78 is 59.5. The molecule has 15 heteroatoms. The first-order chi connectivity index (χ1) is 17.8. The summed E-state index contributed by atoms with van der Waals surface area (Å²) in [5, 5.41) is 11.0. The number of hydrogen-bond acceptors (Lipinski definition) is 6. The number of para-hydroxylation sites is 1. The van der Waals surface area contributed by atoms with Crippen molar-refractivity contribution in [1.29, 1.82) is 0 Å². The fourth-order valence-electron chi connectivity index (χ4n) is 3.62. The number of carbonyl (C=O) groups is 2. The molecule has 3 heterocycles. The van der Waals surface area contributed by atoms with E-state index in [2.05, 4.69) is 10.1 Å². The number of aliphatic carboxylic acids is 1. The van der Waals surface area contributed by atoms with Gasteiger partial charge in [-0.2, -0.15) is 27.1 Å². The maximum Gasteiger partial charge on any atom is 0.490 e. The van der Waals surface area contributed by atoms with Gasteiger partial charge in [-0.1, -0.05) is 18.2 Å². The van der Waals surface area contributed by atoms with E-state index >= 15 is 0 Å². The van der Waals surface area contributed by atoms with Crippen molar-refractivity contribution in [3.63, 3.8) is 0 Å². The average Bonchev–Trinajstić information content (AvgIpc) is 3.22. The number of carboxylic acids is 1. The number of nitrogens with zero attached hydrogens (tertiary/aromatic N) is 5. The molecule has 0 radical (unpaired) electrons. The van der Waals surface area contributed by atoms with Crippen molar-refractivity contribution in [2.45, 2.75) is 32.5 Å². The van der Waals surface area contributed by atoms with Crippen molar-refractivity contribution < 1.29 is 36.6 Å². The van der Waals surface area contributed by atoms with Gasteiger partial charge in [0.05, 0.1) is 24.1 Å². The lowest BCUT2D eigenvalue weighted by Crippen LogP contribution is -2.32. The molecule has 1 aromatic carbocycles. The molecule has 2 aromatic heterocycles. The molecule has 0 saturated carbocycles. The minimum atomic E-state index is -5.08. The van der Waals surface area contributed by atoms with Crippen LogP contribution in [0, 0.1) is 6.92 Å². The molecular formula is C23H21F5N6O4. The van der Waals surface area contributed by atoms with Gasteiger partial charge >= 0.3 is 17.8 Å². The van der Waals surface area contributed by atoms with E-state index in [9.17, 15) is 31.5 Å². The lowest BCUT2D eigenvalue weighted by Gasteiger charge is -2.30. The van der Waals surface area contributed by atoms with Crippen LogP contribution in [-0.2, 0) is 22.6 Å². The lowest BCUT2D eigenvalue weighted by molar-refractivity contribution is -0.192. The molecule has 0 spiro atoms. The summed E-state index contributed by atoms with van der Waals surface area (Å²) >= 11 is 0. The van der Waals surface area contributed by atoms with E-state index in [1.807, 2.05) is 25.1 Å². The molecule has 38 heavy (non-hydrogen) atoms. The third kappa shape index (κ3) is 6.11. The number of rotatable bonds is 5. The van der Waals surface area contributed by atoms with Gasteiger partial charge in [-0.15, -0.1) is 0 Å². The quantitative estimate of drug-likeness (QED) is 0.475. The molecule has 1 aliphatic rings. The molecule has 10 nitrogen and oxygen atoms in total. The van der Waals surface area contributed by atoms with Crippen LogP contribution in [0.3, 0.4) is 0 Å². The number of amides is 1. The Morgan fingerprint density at radius 2 is 1.82 bits per heavy atom. The van der Waals surface area contributed by atoms with Gasteiger partial charge in [-0.25, -0.2) is 23.8 Å². The van der Waals surface area contributed by atoms with E-state index in [0.29, 0.717) is 24.3 Å². The molecule has 3 N–H and O–H groups in total. The summed E-state index contributed by atoms with van der Waals surface area (Å²) in [5.74, 6) is -2.37. The van der Waals surface area contributed by atoms with Gasteiger partial charge in [-0.05, 0) is 36.6 Å². The third-order valence-electron chi connectivity index (χ3n) is 5.47. The van der Waals surface area contributed by atoms with E-state index in [-0.39, 0.29) is 18.0 Å². The van der Waals surface area contributed by atoms with Crippen molar-refractivity contribution in [2.75, 3.05) is 11.4 Å². The maximum atomic E-state index is 12.8. The second kappa shape index (κ2) is 11.3. The number of pyridine rings is 1. The largest absolute Gasteiger partial charge is 0.490 e. The number of fused-ring (bicyclic) bond motifs is 1. The number of halogens is 5. The predicted molar refractivity (Wildman–Crippen MR) is 124 cm³/mol. The monoisotopic (exact) mass is 540 g/mol. The third-order valence-corrected chi connectivity index (χ3v) is 5.47. The first kappa shape index (κ1) is 28.2. The molecule has 202 valence electrons. The molecule has 1 amide bonds. The Labute approximate surface area is 211 Å². The Bertz CT molecular complexity index is 1430. The van der Waals surface area contributed by atoms with Crippen LogP contribution in [0.1, 0.15) is 17.5 Å². The van der Waals surface area contributed by atoms with Crippen LogP contribution in [0.4, 0.5) is 33.5 Å². The average molecular weight is 540 g/mol. The fraction of sp³-hybridized carbons (Fsp3) is 0.261. The molecule has 0 bridgehead atoms. The maximum absolute atomic E-state index is 12.8. The second-order valence-corrected chi connectivity index (χ2v) is 8.00. The second-order valence-electron chi connectivity index (χ2n) is 8.00. The summed E-state index contributed by atoms with van der Waals surface area (Å²) in [6.07, 6.45) is -3.27. The first-order valence-corrected chi connectivity index (χ1v) is 10.9. The molecule has 0 atom stereocenters. The number of aromatic nitrogens is 4. The van der Waals surface area contributed by atoms with Gasteiger partial charge in [0.15, 0.2) is 0 Å². The van der Waals surface area contributed by atoms with E-state index in [1.165, 1.54) is 17.1 Å². The van der Waals surface area contributed by atoms with Gasteiger partial charge in [-0.3, -0.25) is 9.69 Å². The SMILES string of the molecule is Cc1cccc2c1N(c1ccc(-n3cnn(CC(CN)=C(F)F)c3=O)cn1)C(=O)CC2.O=C(O)C(F)(F)F. The van der Waals surface area contributed by atoms with Crippen LogP contribution < -0.4 is 16.3 Å². The zero-order chi connectivity index (χ0) is 28.2. The number of anilines is 2. The highest BCUT2D eigenvalue weighted by atomic mass is 19.4. The van der Waals surface area contributed by atoms with Crippen molar-refractivity contribution in [3.05, 3.63) is 76.1 Å². The van der Waals surface area contributed by atoms with Crippen LogP contribution in [0.5, 0.6) is 0 Å². The van der Waals surface area contributed by atoms with Crippen molar-refractivity contribution in [3.8, 4) is 5.69 Å². The zero-order valence-electron chi connectivity index (χ0n) is 19.7. The van der Waals surface area contributed by atoms with Gasteiger partial charge in [0.1, 0.15) is 12.1 Å². The topological polar surface area (TPSA) is 136 Å². The Kier molecular flexibility index (Phi) is 8.40. The number of carbonyl (C=O) groups excluding carboxylic acids is 1. The summed E-state index contributed by atoms with van der Waals surface area (Å²) in [7, 11) is 0. The first-order valence-electron chi connectivity index (χ1n) is 10.9. The summed E-state index contributed by atoms with van der Waals surface area (Å²) in [5.41, 5.74) is 7.61. The van der Waals surface area contributed by atoms with Gasteiger partial charge in [0.2, 0.25) is 5.91 Å². The van der Waals surface area contributed by atoms with Crippen LogP contribution in [0.15, 0.2) is 59.3 Å².